The number of fused-ring (bicyclic) bond motifs is 1. The van der Waals surface area contributed by atoms with Crippen LogP contribution in [0.1, 0.15) is 24.4 Å². The standard InChI is InChI=1S/C16H18N4O3S/c21-14(18-16-19-17-10-24-16)9-20-6-2-4-12(20)11-3-1-5-13-15(11)23-8-7-22-13/h1,3,5,10,12H,2,4,6-9H2,(H,18,19,21)/t12-/m0/s1. The number of carbonyl (C=O) groups excluding carboxylic acids is 1. The van der Waals surface area contributed by atoms with E-state index in [0.29, 0.717) is 24.9 Å². The second kappa shape index (κ2) is 6.74. The van der Waals surface area contributed by atoms with E-state index in [0.717, 1.165) is 36.4 Å². The minimum Gasteiger partial charge on any atom is -0.486 e. The average Bonchev–Trinajstić information content (AvgIpc) is 3.26. The Bertz CT molecular complexity index is 722. The molecule has 2 aromatic rings. The van der Waals surface area contributed by atoms with Crippen molar-refractivity contribution in [3.8, 4) is 11.5 Å². The van der Waals surface area contributed by atoms with Crippen LogP contribution in [0.2, 0.25) is 0 Å². The highest BCUT2D eigenvalue weighted by molar-refractivity contribution is 7.13. The van der Waals surface area contributed by atoms with Crippen molar-refractivity contribution < 1.29 is 14.3 Å². The number of para-hydroxylation sites is 1. The summed E-state index contributed by atoms with van der Waals surface area (Å²) in [6.45, 7) is 2.36. The normalized spacial score (nSPS) is 20.1. The van der Waals surface area contributed by atoms with Crippen molar-refractivity contribution in [2.75, 3.05) is 31.6 Å². The zero-order valence-electron chi connectivity index (χ0n) is 13.1. The van der Waals surface area contributed by atoms with Gasteiger partial charge in [-0.1, -0.05) is 23.5 Å². The summed E-state index contributed by atoms with van der Waals surface area (Å²) < 4.78 is 11.5. The van der Waals surface area contributed by atoms with E-state index in [-0.39, 0.29) is 11.9 Å². The predicted molar refractivity (Wildman–Crippen MR) is 89.5 cm³/mol. The number of amides is 1. The van der Waals surface area contributed by atoms with Crippen LogP contribution >= 0.6 is 11.3 Å². The fourth-order valence-corrected chi connectivity index (χ4v) is 3.76. The first-order valence-corrected chi connectivity index (χ1v) is 8.88. The number of hydrogen-bond acceptors (Lipinski definition) is 7. The van der Waals surface area contributed by atoms with Crippen LogP contribution in [0.25, 0.3) is 0 Å². The molecule has 1 atom stereocenters. The van der Waals surface area contributed by atoms with Crippen LogP contribution in [0.3, 0.4) is 0 Å². The third-order valence-electron chi connectivity index (χ3n) is 4.27. The van der Waals surface area contributed by atoms with E-state index < -0.39 is 0 Å². The fourth-order valence-electron chi connectivity index (χ4n) is 3.30. The minimum atomic E-state index is -0.0689. The topological polar surface area (TPSA) is 76.6 Å². The van der Waals surface area contributed by atoms with E-state index in [9.17, 15) is 4.79 Å². The van der Waals surface area contributed by atoms with Gasteiger partial charge < -0.3 is 9.47 Å². The summed E-state index contributed by atoms with van der Waals surface area (Å²) >= 11 is 1.32. The van der Waals surface area contributed by atoms with Gasteiger partial charge in [0.1, 0.15) is 18.7 Å². The van der Waals surface area contributed by atoms with Crippen LogP contribution < -0.4 is 14.8 Å². The molecule has 1 saturated heterocycles. The zero-order valence-corrected chi connectivity index (χ0v) is 13.9. The first kappa shape index (κ1) is 15.3. The highest BCUT2D eigenvalue weighted by Crippen LogP contribution is 2.42. The van der Waals surface area contributed by atoms with Crippen LogP contribution in [-0.2, 0) is 4.79 Å². The van der Waals surface area contributed by atoms with Crippen molar-refractivity contribution in [1.82, 2.24) is 15.1 Å². The quantitative estimate of drug-likeness (QED) is 0.913. The number of hydrogen-bond donors (Lipinski definition) is 1. The highest BCUT2D eigenvalue weighted by Gasteiger charge is 2.31. The molecule has 8 heteroatoms. The molecule has 0 spiro atoms. The van der Waals surface area contributed by atoms with Crippen molar-refractivity contribution in [2.24, 2.45) is 0 Å². The molecule has 0 unspecified atom stereocenters. The fraction of sp³-hybridized carbons (Fsp3) is 0.438. The van der Waals surface area contributed by atoms with Gasteiger partial charge in [-0.3, -0.25) is 15.0 Å². The molecule has 1 aromatic carbocycles. The van der Waals surface area contributed by atoms with Gasteiger partial charge in [-0.05, 0) is 25.5 Å². The van der Waals surface area contributed by atoms with Crippen molar-refractivity contribution in [3.05, 3.63) is 29.3 Å². The molecule has 1 amide bonds. The number of carbonyl (C=O) groups is 1. The largest absolute Gasteiger partial charge is 0.486 e. The van der Waals surface area contributed by atoms with Gasteiger partial charge in [0.15, 0.2) is 11.5 Å². The first-order chi connectivity index (χ1) is 11.8. The molecular weight excluding hydrogens is 328 g/mol. The molecule has 2 aliphatic rings. The van der Waals surface area contributed by atoms with Crippen LogP contribution in [0.15, 0.2) is 23.7 Å². The molecule has 24 heavy (non-hydrogen) atoms. The number of nitrogens with zero attached hydrogens (tertiary/aromatic N) is 3. The Morgan fingerprint density at radius 3 is 3.17 bits per heavy atom. The Kier molecular flexibility index (Phi) is 4.31. The molecule has 0 saturated carbocycles. The van der Waals surface area contributed by atoms with Crippen LogP contribution in [-0.4, -0.2) is 47.3 Å². The number of rotatable bonds is 4. The molecule has 0 aliphatic carbocycles. The maximum atomic E-state index is 12.3. The van der Waals surface area contributed by atoms with Crippen LogP contribution in [0, 0.1) is 0 Å². The smallest absolute Gasteiger partial charge is 0.240 e. The molecular formula is C16H18N4O3S. The number of ether oxygens (including phenoxy) is 2. The second-order valence-electron chi connectivity index (χ2n) is 5.79. The van der Waals surface area contributed by atoms with E-state index in [2.05, 4.69) is 26.5 Å². The number of anilines is 1. The summed E-state index contributed by atoms with van der Waals surface area (Å²) in [5.74, 6) is 1.55. The zero-order chi connectivity index (χ0) is 16.4. The van der Waals surface area contributed by atoms with E-state index >= 15 is 0 Å². The molecule has 3 heterocycles. The average molecular weight is 346 g/mol. The molecule has 4 rings (SSSR count). The van der Waals surface area contributed by atoms with Crippen LogP contribution in [0.4, 0.5) is 5.13 Å². The molecule has 2 aliphatic heterocycles. The van der Waals surface area contributed by atoms with E-state index in [4.69, 9.17) is 9.47 Å². The third-order valence-corrected chi connectivity index (χ3v) is 4.88. The second-order valence-corrected chi connectivity index (χ2v) is 6.63. The molecule has 0 radical (unpaired) electrons. The van der Waals surface area contributed by atoms with Gasteiger partial charge in [-0.25, -0.2) is 0 Å². The van der Waals surface area contributed by atoms with Gasteiger partial charge in [0.2, 0.25) is 11.0 Å². The number of aromatic nitrogens is 2. The number of benzene rings is 1. The third kappa shape index (κ3) is 3.07. The Labute approximate surface area is 143 Å². The Morgan fingerprint density at radius 1 is 1.38 bits per heavy atom. The maximum absolute atomic E-state index is 12.3. The van der Waals surface area contributed by atoms with Gasteiger partial charge >= 0.3 is 0 Å². The minimum absolute atomic E-state index is 0.0689. The number of likely N-dealkylation sites (tertiary alicyclic amines) is 1. The molecule has 126 valence electrons. The number of nitrogens with one attached hydrogen (secondary N) is 1. The molecule has 1 aromatic heterocycles. The Morgan fingerprint density at radius 2 is 2.29 bits per heavy atom. The summed E-state index contributed by atoms with van der Waals surface area (Å²) in [4.78, 5) is 14.4. The van der Waals surface area contributed by atoms with Crippen molar-refractivity contribution >= 4 is 22.4 Å². The predicted octanol–water partition coefficient (Wildman–Crippen LogP) is 2.08. The lowest BCUT2D eigenvalue weighted by Crippen LogP contribution is -2.33. The molecule has 1 N–H and O–H groups in total. The highest BCUT2D eigenvalue weighted by atomic mass is 32.1. The summed E-state index contributed by atoms with van der Waals surface area (Å²) in [6, 6.07) is 6.15. The van der Waals surface area contributed by atoms with Crippen molar-refractivity contribution in [1.29, 1.82) is 0 Å². The van der Waals surface area contributed by atoms with Gasteiger partial charge in [-0.2, -0.15) is 0 Å². The lowest BCUT2D eigenvalue weighted by Gasteiger charge is -2.28. The van der Waals surface area contributed by atoms with Crippen molar-refractivity contribution in [3.63, 3.8) is 0 Å². The molecule has 0 bridgehead atoms. The van der Waals surface area contributed by atoms with E-state index in [1.807, 2.05) is 12.1 Å². The first-order valence-electron chi connectivity index (χ1n) is 8.00. The molecule has 1 fully saturated rings. The van der Waals surface area contributed by atoms with E-state index in [1.54, 1.807) is 5.51 Å². The Balaban J connectivity index is 1.50. The summed E-state index contributed by atoms with van der Waals surface area (Å²) in [6.07, 6.45) is 2.06. The SMILES string of the molecule is O=C(CN1CCC[C@H]1c1cccc2c1OCCO2)Nc1nncs1. The lowest BCUT2D eigenvalue weighted by atomic mass is 10.0. The Hall–Kier alpha value is -2.19. The monoisotopic (exact) mass is 346 g/mol. The summed E-state index contributed by atoms with van der Waals surface area (Å²) in [7, 11) is 0. The van der Waals surface area contributed by atoms with Gasteiger partial charge in [0, 0.05) is 11.6 Å². The lowest BCUT2D eigenvalue weighted by molar-refractivity contribution is -0.117. The maximum Gasteiger partial charge on any atom is 0.240 e. The van der Waals surface area contributed by atoms with Gasteiger partial charge in [0.25, 0.3) is 0 Å². The van der Waals surface area contributed by atoms with Gasteiger partial charge in [0.05, 0.1) is 6.54 Å². The molecule has 7 nitrogen and oxygen atoms in total. The summed E-state index contributed by atoms with van der Waals surface area (Å²) in [5.41, 5.74) is 2.70. The van der Waals surface area contributed by atoms with Gasteiger partial charge in [-0.15, -0.1) is 10.2 Å². The van der Waals surface area contributed by atoms with Crippen LogP contribution in [0.5, 0.6) is 11.5 Å². The summed E-state index contributed by atoms with van der Waals surface area (Å²) in [5, 5.41) is 10.9. The van der Waals surface area contributed by atoms with Crippen molar-refractivity contribution in [2.45, 2.75) is 18.9 Å². The van der Waals surface area contributed by atoms with E-state index in [1.165, 1.54) is 11.3 Å².